The highest BCUT2D eigenvalue weighted by Gasteiger charge is 2.38. The summed E-state index contributed by atoms with van der Waals surface area (Å²) in [5.74, 6) is -0.0260. The van der Waals surface area contributed by atoms with E-state index in [4.69, 9.17) is 0 Å². The Bertz CT molecular complexity index is 1060. The van der Waals surface area contributed by atoms with Gasteiger partial charge < -0.3 is 20.6 Å². The lowest BCUT2D eigenvalue weighted by molar-refractivity contribution is -0.117. The number of anilines is 1. The van der Waals surface area contributed by atoms with Gasteiger partial charge in [0, 0.05) is 37.3 Å². The van der Waals surface area contributed by atoms with Crippen molar-refractivity contribution in [2.24, 2.45) is 0 Å². The van der Waals surface area contributed by atoms with Crippen LogP contribution in [0.3, 0.4) is 0 Å². The fourth-order valence-electron chi connectivity index (χ4n) is 5.57. The van der Waals surface area contributed by atoms with Crippen LogP contribution in [0.5, 0.6) is 0 Å². The molecular formula is C28H40Cl2N4O3. The van der Waals surface area contributed by atoms with Crippen molar-refractivity contribution < 1.29 is 14.7 Å². The molecule has 0 spiro atoms. The van der Waals surface area contributed by atoms with E-state index in [-0.39, 0.29) is 48.8 Å². The van der Waals surface area contributed by atoms with Crippen LogP contribution in [0.25, 0.3) is 11.1 Å². The van der Waals surface area contributed by atoms with Gasteiger partial charge in [-0.05, 0) is 87.5 Å². The van der Waals surface area contributed by atoms with Crippen molar-refractivity contribution in [2.75, 3.05) is 18.0 Å². The summed E-state index contributed by atoms with van der Waals surface area (Å²) in [6.07, 6.45) is 1.96. The number of hydrogen-bond donors (Lipinski definition) is 3. The van der Waals surface area contributed by atoms with Gasteiger partial charge >= 0.3 is 6.09 Å². The molecule has 0 aliphatic carbocycles. The van der Waals surface area contributed by atoms with Gasteiger partial charge in [-0.25, -0.2) is 4.79 Å². The largest absolute Gasteiger partial charge is 0.465 e. The van der Waals surface area contributed by atoms with Crippen molar-refractivity contribution in [1.29, 1.82) is 0 Å². The number of amides is 2. The van der Waals surface area contributed by atoms with Crippen molar-refractivity contribution in [3.05, 3.63) is 53.6 Å². The predicted octanol–water partition coefficient (Wildman–Crippen LogP) is 5.61. The topological polar surface area (TPSA) is 84.9 Å². The quantitative estimate of drug-likeness (QED) is 0.435. The molecule has 0 unspecified atom stereocenters. The number of nitrogens with one attached hydrogen (secondary N) is 2. The molecule has 1 fully saturated rings. The molecule has 2 aromatic carbocycles. The first-order chi connectivity index (χ1) is 16.8. The third-order valence-corrected chi connectivity index (χ3v) is 7.32. The summed E-state index contributed by atoms with van der Waals surface area (Å²) < 4.78 is 0. The predicted molar refractivity (Wildman–Crippen MR) is 154 cm³/mol. The maximum Gasteiger partial charge on any atom is 0.408 e. The number of benzene rings is 2. The van der Waals surface area contributed by atoms with Crippen LogP contribution in [-0.4, -0.2) is 53.2 Å². The van der Waals surface area contributed by atoms with Gasteiger partial charge in [0.25, 0.3) is 0 Å². The zero-order valence-electron chi connectivity index (χ0n) is 22.1. The molecule has 9 heteroatoms. The summed E-state index contributed by atoms with van der Waals surface area (Å²) in [4.78, 5) is 28.0. The van der Waals surface area contributed by atoms with E-state index in [0.29, 0.717) is 12.5 Å². The minimum absolute atomic E-state index is 0. The molecule has 204 valence electrons. The maximum atomic E-state index is 12.5. The third-order valence-electron chi connectivity index (χ3n) is 7.32. The standard InChI is InChI=1S/C28H38N4O3.2ClH/c1-18(2)31(28(34)35)27-15-19(3)32(20(4)33)26-10-9-23(16-25(26)27)22-7-5-21(6-8-22)17-30-24-11-13-29-14-12-24;;/h5-10,16,18-19,24,27,29-30H,11-15,17H2,1-4H3,(H,34,35);2*1H/t19-,27+;;/m0../s1. The highest BCUT2D eigenvalue weighted by molar-refractivity contribution is 5.94. The minimum atomic E-state index is -0.935. The van der Waals surface area contributed by atoms with Crippen LogP contribution >= 0.6 is 24.8 Å². The summed E-state index contributed by atoms with van der Waals surface area (Å²) in [6, 6.07) is 14.7. The van der Waals surface area contributed by atoms with E-state index in [0.717, 1.165) is 54.9 Å². The highest BCUT2D eigenvalue weighted by atomic mass is 35.5. The molecule has 1 saturated heterocycles. The van der Waals surface area contributed by atoms with Crippen LogP contribution in [0.4, 0.5) is 10.5 Å². The monoisotopic (exact) mass is 550 g/mol. The summed E-state index contributed by atoms with van der Waals surface area (Å²) in [5.41, 5.74) is 5.05. The SMILES string of the molecule is CC(=O)N1c2ccc(-c3ccc(CNC4CCNCC4)cc3)cc2[C@H](N(C(=O)O)C(C)C)C[C@@H]1C.Cl.Cl. The Morgan fingerprint density at radius 3 is 2.27 bits per heavy atom. The molecule has 2 atom stereocenters. The molecule has 2 amide bonds. The average molecular weight is 552 g/mol. The number of rotatable bonds is 6. The van der Waals surface area contributed by atoms with Gasteiger partial charge in [-0.15, -0.1) is 24.8 Å². The number of nitrogens with zero attached hydrogens (tertiary/aromatic N) is 2. The van der Waals surface area contributed by atoms with Gasteiger partial charge in [-0.3, -0.25) is 9.69 Å². The van der Waals surface area contributed by atoms with Crippen molar-refractivity contribution in [3.63, 3.8) is 0 Å². The van der Waals surface area contributed by atoms with E-state index >= 15 is 0 Å². The minimum Gasteiger partial charge on any atom is -0.465 e. The molecular weight excluding hydrogens is 511 g/mol. The Kier molecular flexibility index (Phi) is 11.2. The summed E-state index contributed by atoms with van der Waals surface area (Å²) in [6.45, 7) is 10.4. The number of halogens is 2. The van der Waals surface area contributed by atoms with Gasteiger partial charge in [0.2, 0.25) is 5.91 Å². The van der Waals surface area contributed by atoms with Crippen molar-refractivity contribution in [2.45, 2.75) is 77.7 Å². The van der Waals surface area contributed by atoms with Gasteiger partial charge in [-0.1, -0.05) is 30.3 Å². The zero-order valence-corrected chi connectivity index (χ0v) is 23.7. The maximum absolute atomic E-state index is 12.5. The Morgan fingerprint density at radius 2 is 1.70 bits per heavy atom. The second-order valence-electron chi connectivity index (χ2n) is 10.1. The number of carbonyl (C=O) groups excluding carboxylic acids is 1. The van der Waals surface area contributed by atoms with Gasteiger partial charge in [0.05, 0.1) is 6.04 Å². The van der Waals surface area contributed by atoms with Gasteiger partial charge in [0.15, 0.2) is 0 Å². The molecule has 4 rings (SSSR count). The summed E-state index contributed by atoms with van der Waals surface area (Å²) in [7, 11) is 0. The Hall–Kier alpha value is -2.32. The molecule has 37 heavy (non-hydrogen) atoms. The lowest BCUT2D eigenvalue weighted by Gasteiger charge is -2.43. The molecule has 0 aromatic heterocycles. The van der Waals surface area contributed by atoms with E-state index in [1.807, 2.05) is 32.9 Å². The molecule has 0 radical (unpaired) electrons. The number of piperidine rings is 1. The third kappa shape index (κ3) is 6.96. The normalized spacial score (nSPS) is 19.4. The fourth-order valence-corrected chi connectivity index (χ4v) is 5.57. The van der Waals surface area contributed by atoms with Crippen LogP contribution in [-0.2, 0) is 11.3 Å². The Balaban J connectivity index is 0.00000241. The molecule has 2 aliphatic heterocycles. The smallest absolute Gasteiger partial charge is 0.408 e. The van der Waals surface area contributed by atoms with Gasteiger partial charge in [0.1, 0.15) is 0 Å². The lowest BCUT2D eigenvalue weighted by atomic mass is 9.87. The van der Waals surface area contributed by atoms with Crippen LogP contribution in [0.2, 0.25) is 0 Å². The van der Waals surface area contributed by atoms with E-state index < -0.39 is 6.09 Å². The summed E-state index contributed by atoms with van der Waals surface area (Å²) in [5, 5.41) is 17.0. The molecule has 0 bridgehead atoms. The first-order valence-electron chi connectivity index (χ1n) is 12.7. The molecule has 2 heterocycles. The van der Waals surface area contributed by atoms with E-state index in [2.05, 4.69) is 41.0 Å². The number of carboxylic acid groups (broad SMARTS) is 1. The molecule has 2 aliphatic rings. The van der Waals surface area contributed by atoms with E-state index in [1.54, 1.807) is 11.8 Å². The summed E-state index contributed by atoms with van der Waals surface area (Å²) >= 11 is 0. The number of fused-ring (bicyclic) bond motifs is 1. The number of carbonyl (C=O) groups is 2. The van der Waals surface area contributed by atoms with Crippen molar-refractivity contribution in [1.82, 2.24) is 15.5 Å². The Morgan fingerprint density at radius 1 is 1.08 bits per heavy atom. The van der Waals surface area contributed by atoms with Gasteiger partial charge in [-0.2, -0.15) is 0 Å². The second-order valence-corrected chi connectivity index (χ2v) is 10.1. The Labute approximate surface area is 232 Å². The lowest BCUT2D eigenvalue weighted by Crippen LogP contribution is -2.48. The molecule has 7 nitrogen and oxygen atoms in total. The van der Waals surface area contributed by atoms with Crippen molar-refractivity contribution in [3.8, 4) is 11.1 Å². The fraction of sp³-hybridized carbons (Fsp3) is 0.500. The van der Waals surface area contributed by atoms with E-state index in [9.17, 15) is 14.7 Å². The first-order valence-corrected chi connectivity index (χ1v) is 12.7. The van der Waals surface area contributed by atoms with Crippen LogP contribution in [0, 0.1) is 0 Å². The van der Waals surface area contributed by atoms with Crippen LogP contribution in [0.15, 0.2) is 42.5 Å². The zero-order chi connectivity index (χ0) is 25.1. The second kappa shape index (κ2) is 13.5. The van der Waals surface area contributed by atoms with Crippen LogP contribution < -0.4 is 15.5 Å². The highest BCUT2D eigenvalue weighted by Crippen LogP contribution is 2.43. The molecule has 2 aromatic rings. The van der Waals surface area contributed by atoms with E-state index in [1.165, 1.54) is 10.5 Å². The molecule has 0 saturated carbocycles. The number of hydrogen-bond acceptors (Lipinski definition) is 4. The first kappa shape index (κ1) is 30.9. The van der Waals surface area contributed by atoms with Crippen LogP contribution in [0.1, 0.15) is 64.1 Å². The average Bonchev–Trinajstić information content (AvgIpc) is 2.83. The molecule has 3 N–H and O–H groups in total. The van der Waals surface area contributed by atoms with Crippen molar-refractivity contribution >= 4 is 42.5 Å².